The highest BCUT2D eigenvalue weighted by Gasteiger charge is 2.32. The molecule has 2 amide bonds. The van der Waals surface area contributed by atoms with Gasteiger partial charge in [0.2, 0.25) is 11.8 Å². The quantitative estimate of drug-likeness (QED) is 0.518. The maximum Gasteiger partial charge on any atom is 0.329 e. The number of carbonyl (C=O) groups excluding carboxylic acids is 3. The summed E-state index contributed by atoms with van der Waals surface area (Å²) in [7, 11) is 0. The van der Waals surface area contributed by atoms with E-state index in [9.17, 15) is 14.4 Å². The van der Waals surface area contributed by atoms with Crippen molar-refractivity contribution >= 4 is 17.8 Å². The summed E-state index contributed by atoms with van der Waals surface area (Å²) in [6, 6.07) is -1.66. The lowest BCUT2D eigenvalue weighted by molar-refractivity contribution is -0.159. The van der Waals surface area contributed by atoms with Crippen LogP contribution in [0.2, 0.25) is 0 Å². The van der Waals surface area contributed by atoms with Gasteiger partial charge in [-0.1, -0.05) is 27.7 Å². The molecule has 0 aromatic carbocycles. The average molecular weight is 398 g/mol. The van der Waals surface area contributed by atoms with Crippen molar-refractivity contribution in [3.63, 3.8) is 0 Å². The van der Waals surface area contributed by atoms with Crippen molar-refractivity contribution in [2.45, 2.75) is 97.9 Å². The van der Waals surface area contributed by atoms with Gasteiger partial charge in [0, 0.05) is 0 Å². The van der Waals surface area contributed by atoms with Gasteiger partial charge in [0.05, 0.1) is 6.04 Å². The Morgan fingerprint density at radius 1 is 1.00 bits per heavy atom. The Kier molecular flexibility index (Phi) is 9.40. The summed E-state index contributed by atoms with van der Waals surface area (Å²) in [4.78, 5) is 38.0. The molecule has 3 N–H and O–H groups in total. The summed E-state index contributed by atoms with van der Waals surface area (Å²) in [5, 5.41) is 8.84. The molecule has 3 atom stereocenters. The number of rotatable bonds is 9. The van der Waals surface area contributed by atoms with Gasteiger partial charge in [-0.25, -0.2) is 4.79 Å². The summed E-state index contributed by atoms with van der Waals surface area (Å²) in [6.45, 7) is 14.2. The third-order valence-electron chi connectivity index (χ3n) is 4.43. The Morgan fingerprint density at radius 2 is 1.57 bits per heavy atom. The van der Waals surface area contributed by atoms with E-state index in [2.05, 4.69) is 16.0 Å². The van der Waals surface area contributed by atoms with E-state index < -0.39 is 23.7 Å². The first-order valence-corrected chi connectivity index (χ1v) is 10.5. The van der Waals surface area contributed by atoms with Gasteiger partial charge < -0.3 is 20.7 Å². The second-order valence-electron chi connectivity index (χ2n) is 9.56. The predicted molar refractivity (Wildman–Crippen MR) is 110 cm³/mol. The van der Waals surface area contributed by atoms with Crippen LogP contribution in [0.25, 0.3) is 0 Å². The zero-order valence-electron chi connectivity index (χ0n) is 18.6. The first-order valence-electron chi connectivity index (χ1n) is 10.5. The summed E-state index contributed by atoms with van der Waals surface area (Å²) in [5.74, 6) is -0.509. The zero-order valence-corrected chi connectivity index (χ0v) is 18.6. The molecule has 0 aliphatic carbocycles. The molecule has 1 saturated heterocycles. The second-order valence-corrected chi connectivity index (χ2v) is 9.56. The average Bonchev–Trinajstić information content (AvgIpc) is 3.05. The van der Waals surface area contributed by atoms with E-state index in [0.717, 1.165) is 19.4 Å². The number of hydrogen-bond acceptors (Lipinski definition) is 5. The fraction of sp³-hybridized carbons (Fsp3) is 0.857. The lowest BCUT2D eigenvalue weighted by Gasteiger charge is -2.28. The lowest BCUT2D eigenvalue weighted by atomic mass is 10.00. The molecular formula is C21H39N3O4. The molecule has 0 saturated carbocycles. The van der Waals surface area contributed by atoms with Crippen LogP contribution in [0.15, 0.2) is 0 Å². The van der Waals surface area contributed by atoms with Crippen molar-refractivity contribution in [3.8, 4) is 0 Å². The molecule has 7 heteroatoms. The molecule has 1 aliphatic heterocycles. The van der Waals surface area contributed by atoms with Crippen molar-refractivity contribution in [2.75, 3.05) is 6.54 Å². The summed E-state index contributed by atoms with van der Waals surface area (Å²) in [6.07, 6.45) is 2.71. The van der Waals surface area contributed by atoms with Crippen LogP contribution in [-0.2, 0) is 19.1 Å². The van der Waals surface area contributed by atoms with Gasteiger partial charge >= 0.3 is 5.97 Å². The highest BCUT2D eigenvalue weighted by molar-refractivity contribution is 5.92. The first kappa shape index (κ1) is 24.4. The highest BCUT2D eigenvalue weighted by Crippen LogP contribution is 2.14. The first-order chi connectivity index (χ1) is 12.9. The monoisotopic (exact) mass is 397 g/mol. The van der Waals surface area contributed by atoms with Gasteiger partial charge in [-0.2, -0.15) is 0 Å². The minimum atomic E-state index is -0.733. The number of nitrogens with one attached hydrogen (secondary N) is 3. The van der Waals surface area contributed by atoms with E-state index in [1.54, 1.807) is 20.8 Å². The lowest BCUT2D eigenvalue weighted by Crippen LogP contribution is -2.55. The van der Waals surface area contributed by atoms with E-state index in [1.165, 1.54) is 0 Å². The van der Waals surface area contributed by atoms with Crippen LogP contribution in [0.5, 0.6) is 0 Å². The second kappa shape index (κ2) is 10.8. The standard InChI is InChI=1S/C21H39N3O4/c1-13(2)11-16(23-18(25)15-9-8-10-22-15)19(26)24-17(12-14(3)4)20(27)28-21(5,6)7/h13-17,22H,8-12H2,1-7H3,(H,23,25)(H,24,26). The number of amides is 2. The van der Waals surface area contributed by atoms with Crippen LogP contribution in [0.3, 0.4) is 0 Å². The molecule has 0 spiro atoms. The molecule has 28 heavy (non-hydrogen) atoms. The van der Waals surface area contributed by atoms with Crippen molar-refractivity contribution < 1.29 is 19.1 Å². The third kappa shape index (κ3) is 9.04. The number of esters is 1. The topological polar surface area (TPSA) is 96.5 Å². The molecule has 3 unspecified atom stereocenters. The summed E-state index contributed by atoms with van der Waals surface area (Å²) < 4.78 is 5.47. The van der Waals surface area contributed by atoms with Gasteiger partial charge in [-0.15, -0.1) is 0 Å². The van der Waals surface area contributed by atoms with Gasteiger partial charge in [-0.05, 0) is 64.8 Å². The van der Waals surface area contributed by atoms with Crippen molar-refractivity contribution in [1.82, 2.24) is 16.0 Å². The molecule has 7 nitrogen and oxygen atoms in total. The number of hydrogen-bond donors (Lipinski definition) is 3. The molecule has 0 bridgehead atoms. The maximum atomic E-state index is 12.9. The number of carbonyl (C=O) groups is 3. The smallest absolute Gasteiger partial charge is 0.329 e. The van der Waals surface area contributed by atoms with Gasteiger partial charge in [0.25, 0.3) is 0 Å². The highest BCUT2D eigenvalue weighted by atomic mass is 16.6. The Hall–Kier alpha value is -1.63. The zero-order chi connectivity index (χ0) is 21.5. The SMILES string of the molecule is CC(C)CC(NC(=O)C1CCCN1)C(=O)NC(CC(C)C)C(=O)OC(C)(C)C. The van der Waals surface area contributed by atoms with Crippen LogP contribution in [-0.4, -0.2) is 48.1 Å². The largest absolute Gasteiger partial charge is 0.458 e. The Morgan fingerprint density at radius 3 is 2.04 bits per heavy atom. The Balaban J connectivity index is 2.84. The normalized spacial score (nSPS) is 19.4. The molecule has 1 heterocycles. The van der Waals surface area contributed by atoms with Crippen molar-refractivity contribution in [1.29, 1.82) is 0 Å². The molecule has 1 aliphatic rings. The fourth-order valence-electron chi connectivity index (χ4n) is 3.21. The maximum absolute atomic E-state index is 12.9. The van der Waals surface area contributed by atoms with Crippen LogP contribution >= 0.6 is 0 Å². The predicted octanol–water partition coefficient (Wildman–Crippen LogP) is 2.14. The fourth-order valence-corrected chi connectivity index (χ4v) is 3.21. The van der Waals surface area contributed by atoms with Gasteiger partial charge in [-0.3, -0.25) is 9.59 Å². The van der Waals surface area contributed by atoms with Crippen LogP contribution in [0, 0.1) is 11.8 Å². The van der Waals surface area contributed by atoms with Crippen molar-refractivity contribution in [2.24, 2.45) is 11.8 Å². The summed E-state index contributed by atoms with van der Waals surface area (Å²) >= 11 is 0. The minimum Gasteiger partial charge on any atom is -0.458 e. The Bertz CT molecular complexity index is 534. The third-order valence-corrected chi connectivity index (χ3v) is 4.43. The van der Waals surface area contributed by atoms with E-state index in [4.69, 9.17) is 4.74 Å². The molecule has 0 aromatic heterocycles. The molecular weight excluding hydrogens is 358 g/mol. The Labute approximate surface area is 169 Å². The molecule has 0 radical (unpaired) electrons. The van der Waals surface area contributed by atoms with E-state index >= 15 is 0 Å². The molecule has 162 valence electrons. The van der Waals surface area contributed by atoms with Gasteiger partial charge in [0.1, 0.15) is 17.7 Å². The van der Waals surface area contributed by atoms with Crippen molar-refractivity contribution in [3.05, 3.63) is 0 Å². The minimum absolute atomic E-state index is 0.157. The van der Waals surface area contributed by atoms with Crippen LogP contribution < -0.4 is 16.0 Å². The van der Waals surface area contributed by atoms with Gasteiger partial charge in [0.15, 0.2) is 0 Å². The number of ether oxygens (including phenoxy) is 1. The van der Waals surface area contributed by atoms with E-state index in [-0.39, 0.29) is 29.7 Å². The molecule has 0 aromatic rings. The molecule has 1 fully saturated rings. The molecule has 1 rings (SSSR count). The van der Waals surface area contributed by atoms with Crippen LogP contribution in [0.4, 0.5) is 0 Å². The van der Waals surface area contributed by atoms with E-state index in [0.29, 0.717) is 12.8 Å². The van der Waals surface area contributed by atoms with E-state index in [1.807, 2.05) is 27.7 Å². The summed E-state index contributed by atoms with van der Waals surface area (Å²) in [5.41, 5.74) is -0.628. The van der Waals surface area contributed by atoms with Crippen LogP contribution in [0.1, 0.15) is 74.1 Å².